The van der Waals surface area contributed by atoms with E-state index in [1.54, 1.807) is 30.3 Å². The number of aromatic nitrogens is 6. The number of alkyl halides is 1. The number of rotatable bonds is 6. The highest BCUT2D eigenvalue weighted by atomic mass is 19.1. The number of ether oxygens (including phenoxy) is 1. The average molecular weight is 610 g/mol. The molecule has 1 unspecified atom stereocenters. The Bertz CT molecular complexity index is 1840. The number of hydrogen-bond acceptors (Lipinski definition) is 8. The standard InChI is InChI=1S/C24H20FN7O.C9H16N2O/c1-33-21-8-10-31(30-21)20-7-6-19-24(29-20)32(23(28-19)18-3-2-9-27-22(18)26)17-5-4-14-11-16(25)12-15(14)13-17;1-3-9(12)11-6-4-8(10-2)5-7-11/h2-10,13,16H,11-12H2,1H3,(H2,26,27);3,8,10H,1,4-7H2,2H3. The Hall–Kier alpha value is -5.10. The lowest BCUT2D eigenvalue weighted by molar-refractivity contribution is -0.127. The molecule has 1 aromatic carbocycles. The first-order valence-electron chi connectivity index (χ1n) is 14.9. The van der Waals surface area contributed by atoms with Crippen molar-refractivity contribution < 1.29 is 13.9 Å². The van der Waals surface area contributed by atoms with Crippen LogP contribution in [-0.4, -0.2) is 79.6 Å². The smallest absolute Gasteiger partial charge is 0.245 e. The van der Waals surface area contributed by atoms with Gasteiger partial charge in [0.25, 0.3) is 0 Å². The SMILES string of the molecule is C=CC(=O)N1CCC(NC)CC1.COc1ccn(-c2ccc3nc(-c4cccnc4N)n(-c4ccc5c(c4)CC(F)C5)c3n2)n1. The van der Waals surface area contributed by atoms with Crippen molar-refractivity contribution >= 4 is 22.9 Å². The van der Waals surface area contributed by atoms with Crippen molar-refractivity contribution in [2.24, 2.45) is 0 Å². The van der Waals surface area contributed by atoms with Crippen molar-refractivity contribution in [3.63, 3.8) is 0 Å². The van der Waals surface area contributed by atoms with Crippen LogP contribution in [0.5, 0.6) is 5.88 Å². The summed E-state index contributed by atoms with van der Waals surface area (Å²) in [6.45, 7) is 5.18. The Morgan fingerprint density at radius 1 is 1.11 bits per heavy atom. The fourth-order valence-corrected chi connectivity index (χ4v) is 5.86. The third-order valence-corrected chi connectivity index (χ3v) is 8.30. The maximum Gasteiger partial charge on any atom is 0.245 e. The second-order valence-corrected chi connectivity index (χ2v) is 11.1. The summed E-state index contributed by atoms with van der Waals surface area (Å²) in [5, 5.41) is 7.59. The molecule has 5 heterocycles. The first-order valence-corrected chi connectivity index (χ1v) is 14.9. The van der Waals surface area contributed by atoms with Crippen LogP contribution in [0.25, 0.3) is 34.1 Å². The minimum atomic E-state index is -0.845. The quantitative estimate of drug-likeness (QED) is 0.276. The number of pyridine rings is 2. The van der Waals surface area contributed by atoms with Gasteiger partial charge in [-0.2, -0.15) is 0 Å². The molecule has 45 heavy (non-hydrogen) atoms. The first kappa shape index (κ1) is 29.9. The van der Waals surface area contributed by atoms with Crippen molar-refractivity contribution in [1.29, 1.82) is 0 Å². The lowest BCUT2D eigenvalue weighted by atomic mass is 10.1. The van der Waals surface area contributed by atoms with Gasteiger partial charge in [-0.1, -0.05) is 12.6 Å². The minimum Gasteiger partial charge on any atom is -0.480 e. The van der Waals surface area contributed by atoms with E-state index in [2.05, 4.69) is 22.0 Å². The largest absolute Gasteiger partial charge is 0.480 e. The third kappa shape index (κ3) is 6.14. The fourth-order valence-electron chi connectivity index (χ4n) is 5.86. The summed E-state index contributed by atoms with van der Waals surface area (Å²) in [5.41, 5.74) is 11.1. The van der Waals surface area contributed by atoms with Gasteiger partial charge in [0.2, 0.25) is 11.8 Å². The molecule has 11 nitrogen and oxygen atoms in total. The number of carbonyl (C=O) groups excluding carboxylic acids is 1. The average Bonchev–Trinajstić information content (AvgIpc) is 3.80. The van der Waals surface area contributed by atoms with Crippen LogP contribution in [0.3, 0.4) is 0 Å². The van der Waals surface area contributed by atoms with Crippen LogP contribution in [0, 0.1) is 0 Å². The summed E-state index contributed by atoms with van der Waals surface area (Å²) < 4.78 is 22.8. The zero-order chi connectivity index (χ0) is 31.5. The number of methoxy groups -OCH3 is 1. The number of nitrogen functional groups attached to an aromatic ring is 1. The molecule has 2 aliphatic rings. The molecule has 1 amide bonds. The van der Waals surface area contributed by atoms with Gasteiger partial charge in [-0.3, -0.25) is 9.36 Å². The molecule has 0 saturated carbocycles. The van der Waals surface area contributed by atoms with E-state index in [0.717, 1.165) is 42.7 Å². The van der Waals surface area contributed by atoms with Crippen molar-refractivity contribution in [1.82, 2.24) is 39.5 Å². The molecular formula is C33H36FN9O2. The molecule has 1 aliphatic heterocycles. The summed E-state index contributed by atoms with van der Waals surface area (Å²) in [5.74, 6) is 2.16. The number of imidazole rings is 1. The molecular weight excluding hydrogens is 573 g/mol. The van der Waals surface area contributed by atoms with E-state index < -0.39 is 6.17 Å². The zero-order valence-electron chi connectivity index (χ0n) is 25.4. The van der Waals surface area contributed by atoms with Crippen molar-refractivity contribution in [3.05, 3.63) is 84.7 Å². The number of hydrogen-bond donors (Lipinski definition) is 2. The molecule has 0 bridgehead atoms. The summed E-state index contributed by atoms with van der Waals surface area (Å²) >= 11 is 0. The van der Waals surface area contributed by atoms with Gasteiger partial charge in [-0.05, 0) is 73.5 Å². The van der Waals surface area contributed by atoms with E-state index in [0.29, 0.717) is 59.0 Å². The van der Waals surface area contributed by atoms with Crippen LogP contribution in [0.2, 0.25) is 0 Å². The number of halogens is 1. The zero-order valence-corrected chi connectivity index (χ0v) is 25.4. The highest BCUT2D eigenvalue weighted by Gasteiger charge is 2.24. The Morgan fingerprint density at radius 3 is 2.62 bits per heavy atom. The van der Waals surface area contributed by atoms with Gasteiger partial charge in [0.15, 0.2) is 17.3 Å². The number of nitrogens with two attached hydrogens (primary N) is 1. The van der Waals surface area contributed by atoms with E-state index in [-0.39, 0.29) is 5.91 Å². The number of fused-ring (bicyclic) bond motifs is 2. The monoisotopic (exact) mass is 609 g/mol. The fraction of sp³-hybridized carbons (Fsp3) is 0.303. The summed E-state index contributed by atoms with van der Waals surface area (Å²) in [4.78, 5) is 26.9. The van der Waals surface area contributed by atoms with E-state index in [9.17, 15) is 9.18 Å². The van der Waals surface area contributed by atoms with Crippen LogP contribution in [0.4, 0.5) is 10.2 Å². The Balaban J connectivity index is 0.000000252. The second-order valence-electron chi connectivity index (χ2n) is 11.1. The van der Waals surface area contributed by atoms with Crippen LogP contribution in [0.15, 0.2) is 73.6 Å². The lowest BCUT2D eigenvalue weighted by Gasteiger charge is -2.30. The lowest BCUT2D eigenvalue weighted by Crippen LogP contribution is -2.43. The highest BCUT2D eigenvalue weighted by molar-refractivity contribution is 5.87. The number of nitrogens with zero attached hydrogens (tertiary/aromatic N) is 7. The van der Waals surface area contributed by atoms with Gasteiger partial charge >= 0.3 is 0 Å². The van der Waals surface area contributed by atoms with Crippen LogP contribution >= 0.6 is 0 Å². The normalized spacial score (nSPS) is 16.2. The molecule has 1 saturated heterocycles. The van der Waals surface area contributed by atoms with Crippen LogP contribution in [-0.2, 0) is 17.6 Å². The number of likely N-dealkylation sites (tertiary alicyclic amines) is 1. The van der Waals surface area contributed by atoms with Crippen LogP contribution in [0.1, 0.15) is 24.0 Å². The molecule has 0 spiro atoms. The van der Waals surface area contributed by atoms with E-state index in [1.165, 1.54) is 6.08 Å². The Kier molecular flexibility index (Phi) is 8.56. The molecule has 7 rings (SSSR count). The van der Waals surface area contributed by atoms with E-state index in [4.69, 9.17) is 20.4 Å². The number of amides is 1. The third-order valence-electron chi connectivity index (χ3n) is 8.30. The summed E-state index contributed by atoms with van der Waals surface area (Å²) in [7, 11) is 3.54. The molecule has 5 aromatic rings. The second kappa shape index (κ2) is 12.9. The molecule has 12 heteroatoms. The van der Waals surface area contributed by atoms with Crippen LogP contribution < -0.4 is 15.8 Å². The van der Waals surface area contributed by atoms with Crippen molar-refractivity contribution in [3.8, 4) is 28.8 Å². The van der Waals surface area contributed by atoms with Gasteiger partial charge in [-0.25, -0.2) is 24.0 Å². The molecule has 1 aliphatic carbocycles. The van der Waals surface area contributed by atoms with Gasteiger partial charge < -0.3 is 20.7 Å². The van der Waals surface area contributed by atoms with E-state index in [1.807, 2.05) is 59.0 Å². The molecule has 4 aromatic heterocycles. The molecule has 1 atom stereocenters. The number of anilines is 1. The van der Waals surface area contributed by atoms with Crippen molar-refractivity contribution in [2.45, 2.75) is 37.9 Å². The van der Waals surface area contributed by atoms with E-state index >= 15 is 0 Å². The number of piperidine rings is 1. The number of carbonyl (C=O) groups is 1. The molecule has 232 valence electrons. The maximum atomic E-state index is 14.0. The molecule has 3 N–H and O–H groups in total. The topological polar surface area (TPSA) is 129 Å². The number of nitrogens with one attached hydrogen (secondary N) is 1. The van der Waals surface area contributed by atoms with Gasteiger partial charge in [0, 0.05) is 56.1 Å². The molecule has 0 radical (unpaired) electrons. The predicted molar refractivity (Wildman–Crippen MR) is 171 cm³/mol. The summed E-state index contributed by atoms with van der Waals surface area (Å²) in [6, 6.07) is 15.7. The highest BCUT2D eigenvalue weighted by Crippen LogP contribution is 2.33. The van der Waals surface area contributed by atoms with Gasteiger partial charge in [-0.15, -0.1) is 5.10 Å². The summed E-state index contributed by atoms with van der Waals surface area (Å²) in [6.07, 6.45) is 6.93. The Morgan fingerprint density at radius 2 is 1.91 bits per heavy atom. The van der Waals surface area contributed by atoms with Gasteiger partial charge in [0.05, 0.1) is 12.7 Å². The maximum absolute atomic E-state index is 14.0. The van der Waals surface area contributed by atoms with Gasteiger partial charge in [0.1, 0.15) is 17.5 Å². The predicted octanol–water partition coefficient (Wildman–Crippen LogP) is 4.08. The van der Waals surface area contributed by atoms with Crippen molar-refractivity contribution in [2.75, 3.05) is 33.0 Å². The molecule has 1 fully saturated rings. The number of benzene rings is 1. The first-order chi connectivity index (χ1) is 21.9. The Labute approximate surface area is 260 Å². The minimum absolute atomic E-state index is 0.0598.